The van der Waals surface area contributed by atoms with Gasteiger partial charge in [-0.25, -0.2) is 4.79 Å². The summed E-state index contributed by atoms with van der Waals surface area (Å²) in [5.41, 5.74) is 2.11. The topological polar surface area (TPSA) is 47.0 Å². The number of aromatic amines is 1. The largest absolute Gasteiger partial charge is 0.497 e. The highest BCUT2D eigenvalue weighted by molar-refractivity contribution is 6.30. The van der Waals surface area contributed by atoms with E-state index in [0.29, 0.717) is 10.8 Å². The van der Waals surface area contributed by atoms with E-state index in [9.17, 15) is 4.79 Å². The number of nitrogens with zero attached hydrogens (tertiary/aromatic N) is 1. The third-order valence-corrected chi connectivity index (χ3v) is 3.23. The van der Waals surface area contributed by atoms with Crippen LogP contribution in [0.3, 0.4) is 0 Å². The second-order valence-electron chi connectivity index (χ2n) is 4.13. The lowest BCUT2D eigenvalue weighted by atomic mass is 10.2. The smallest absolute Gasteiger partial charge is 0.331 e. The second-order valence-corrected chi connectivity index (χ2v) is 4.56. The fourth-order valence-corrected chi connectivity index (χ4v) is 2.19. The van der Waals surface area contributed by atoms with E-state index in [2.05, 4.69) is 4.98 Å². The minimum Gasteiger partial charge on any atom is -0.497 e. The number of hydrogen-bond donors (Lipinski definition) is 1. The maximum absolute atomic E-state index is 12.1. The van der Waals surface area contributed by atoms with Crippen LogP contribution in [-0.4, -0.2) is 16.7 Å². The number of nitrogens with one attached hydrogen (secondary N) is 1. The standard InChI is InChI=1S/C14H11ClN2O2/c1-19-11-6-7-13-12(8-11)16-14(18)17(13)10-4-2-9(15)3-5-10/h2-8H,1H3,(H,16,18). The summed E-state index contributed by atoms with van der Waals surface area (Å²) in [7, 11) is 1.59. The van der Waals surface area contributed by atoms with Gasteiger partial charge in [0.1, 0.15) is 5.75 Å². The van der Waals surface area contributed by atoms with Gasteiger partial charge in [-0.3, -0.25) is 4.57 Å². The summed E-state index contributed by atoms with van der Waals surface area (Å²) in [6, 6.07) is 12.6. The van der Waals surface area contributed by atoms with Crippen molar-refractivity contribution in [2.45, 2.75) is 0 Å². The van der Waals surface area contributed by atoms with Crippen LogP contribution in [0.5, 0.6) is 5.75 Å². The van der Waals surface area contributed by atoms with Gasteiger partial charge in [-0.15, -0.1) is 0 Å². The van der Waals surface area contributed by atoms with Crippen molar-refractivity contribution < 1.29 is 4.74 Å². The zero-order chi connectivity index (χ0) is 13.4. The van der Waals surface area contributed by atoms with Crippen LogP contribution in [0.25, 0.3) is 16.7 Å². The Bertz CT molecular complexity index is 787. The van der Waals surface area contributed by atoms with Crippen molar-refractivity contribution in [3.8, 4) is 11.4 Å². The van der Waals surface area contributed by atoms with Crippen molar-refractivity contribution in [2.24, 2.45) is 0 Å². The number of benzene rings is 2. The molecule has 4 nitrogen and oxygen atoms in total. The van der Waals surface area contributed by atoms with Gasteiger partial charge in [0.25, 0.3) is 0 Å². The number of hydrogen-bond acceptors (Lipinski definition) is 2. The first-order chi connectivity index (χ1) is 9.19. The second kappa shape index (κ2) is 4.48. The quantitative estimate of drug-likeness (QED) is 0.781. The first-order valence-corrected chi connectivity index (χ1v) is 6.11. The van der Waals surface area contributed by atoms with Crippen molar-refractivity contribution in [2.75, 3.05) is 7.11 Å². The monoisotopic (exact) mass is 274 g/mol. The van der Waals surface area contributed by atoms with E-state index in [1.54, 1.807) is 42.0 Å². The van der Waals surface area contributed by atoms with Crippen molar-refractivity contribution in [1.82, 2.24) is 9.55 Å². The van der Waals surface area contributed by atoms with Crippen LogP contribution in [0.4, 0.5) is 0 Å². The Morgan fingerprint density at radius 1 is 1.16 bits per heavy atom. The van der Waals surface area contributed by atoms with Gasteiger partial charge >= 0.3 is 5.69 Å². The molecule has 0 aliphatic rings. The van der Waals surface area contributed by atoms with Crippen LogP contribution in [0.1, 0.15) is 0 Å². The molecule has 5 heteroatoms. The van der Waals surface area contributed by atoms with Crippen molar-refractivity contribution in [3.05, 3.63) is 58.0 Å². The number of halogens is 1. The molecule has 0 amide bonds. The van der Waals surface area contributed by atoms with E-state index in [-0.39, 0.29) is 5.69 Å². The van der Waals surface area contributed by atoms with Crippen LogP contribution in [0, 0.1) is 0 Å². The molecule has 0 fully saturated rings. The maximum atomic E-state index is 12.1. The molecular weight excluding hydrogens is 264 g/mol. The molecule has 0 spiro atoms. The highest BCUT2D eigenvalue weighted by Crippen LogP contribution is 2.21. The van der Waals surface area contributed by atoms with Gasteiger partial charge < -0.3 is 9.72 Å². The van der Waals surface area contributed by atoms with Gasteiger partial charge in [0.2, 0.25) is 0 Å². The lowest BCUT2D eigenvalue weighted by Crippen LogP contribution is -2.14. The Kier molecular flexibility index (Phi) is 2.80. The first kappa shape index (κ1) is 11.9. The molecule has 0 radical (unpaired) electrons. The van der Waals surface area contributed by atoms with Gasteiger partial charge in [-0.2, -0.15) is 0 Å². The molecule has 1 N–H and O–H groups in total. The molecule has 0 atom stereocenters. The average Bonchev–Trinajstić information content (AvgIpc) is 2.74. The molecule has 0 unspecified atom stereocenters. The normalized spacial score (nSPS) is 10.8. The SMILES string of the molecule is COc1ccc2c(c1)[nH]c(=O)n2-c1ccc(Cl)cc1. The molecule has 0 saturated heterocycles. The zero-order valence-electron chi connectivity index (χ0n) is 10.2. The summed E-state index contributed by atoms with van der Waals surface area (Å²) < 4.78 is 6.75. The summed E-state index contributed by atoms with van der Waals surface area (Å²) in [6.45, 7) is 0. The van der Waals surface area contributed by atoms with Crippen LogP contribution in [0.15, 0.2) is 47.3 Å². The van der Waals surface area contributed by atoms with Gasteiger partial charge in [-0.05, 0) is 36.4 Å². The number of methoxy groups -OCH3 is 1. The molecule has 3 aromatic rings. The molecule has 3 rings (SSSR count). The Labute approximate surface area is 114 Å². The van der Waals surface area contributed by atoms with Crippen molar-refractivity contribution >= 4 is 22.6 Å². The Morgan fingerprint density at radius 3 is 2.58 bits per heavy atom. The Balaban J connectivity index is 2.26. The van der Waals surface area contributed by atoms with Crippen molar-refractivity contribution in [3.63, 3.8) is 0 Å². The van der Waals surface area contributed by atoms with Crippen LogP contribution >= 0.6 is 11.6 Å². The highest BCUT2D eigenvalue weighted by atomic mass is 35.5. The van der Waals surface area contributed by atoms with E-state index in [1.165, 1.54) is 0 Å². The van der Waals surface area contributed by atoms with Gasteiger partial charge in [0, 0.05) is 11.1 Å². The molecule has 0 bridgehead atoms. The van der Waals surface area contributed by atoms with E-state index in [0.717, 1.165) is 16.7 Å². The van der Waals surface area contributed by atoms with Gasteiger partial charge in [-0.1, -0.05) is 11.6 Å². The lowest BCUT2D eigenvalue weighted by molar-refractivity contribution is 0.415. The molecule has 96 valence electrons. The molecule has 19 heavy (non-hydrogen) atoms. The Morgan fingerprint density at radius 2 is 1.89 bits per heavy atom. The van der Waals surface area contributed by atoms with E-state index >= 15 is 0 Å². The minimum absolute atomic E-state index is 0.189. The third-order valence-electron chi connectivity index (χ3n) is 2.97. The van der Waals surface area contributed by atoms with Crippen molar-refractivity contribution in [1.29, 1.82) is 0 Å². The van der Waals surface area contributed by atoms with Gasteiger partial charge in [0.05, 0.1) is 23.8 Å². The zero-order valence-corrected chi connectivity index (χ0v) is 10.9. The summed E-state index contributed by atoms with van der Waals surface area (Å²) in [5.74, 6) is 0.706. The molecule has 1 aromatic heterocycles. The molecule has 0 aliphatic carbocycles. The number of H-pyrrole nitrogens is 1. The molecular formula is C14H11ClN2O2. The Hall–Kier alpha value is -2.20. The summed E-state index contributed by atoms with van der Waals surface area (Å²) in [5, 5.41) is 0.637. The molecule has 0 saturated carbocycles. The summed E-state index contributed by atoms with van der Waals surface area (Å²) >= 11 is 5.86. The van der Waals surface area contributed by atoms with Gasteiger partial charge in [0.15, 0.2) is 0 Å². The number of rotatable bonds is 2. The predicted molar refractivity (Wildman–Crippen MR) is 75.5 cm³/mol. The average molecular weight is 275 g/mol. The number of aromatic nitrogens is 2. The van der Waals surface area contributed by atoms with E-state index < -0.39 is 0 Å². The summed E-state index contributed by atoms with van der Waals surface area (Å²) in [4.78, 5) is 14.9. The van der Waals surface area contributed by atoms with E-state index in [4.69, 9.17) is 16.3 Å². The fraction of sp³-hybridized carbons (Fsp3) is 0.0714. The number of fused-ring (bicyclic) bond motifs is 1. The molecule has 2 aromatic carbocycles. The van der Waals surface area contributed by atoms with Crippen LogP contribution < -0.4 is 10.4 Å². The third kappa shape index (κ3) is 2.00. The van der Waals surface area contributed by atoms with Crippen LogP contribution in [0.2, 0.25) is 5.02 Å². The van der Waals surface area contributed by atoms with Crippen LogP contribution in [-0.2, 0) is 0 Å². The molecule has 1 heterocycles. The lowest BCUT2D eigenvalue weighted by Gasteiger charge is -2.04. The first-order valence-electron chi connectivity index (χ1n) is 5.74. The molecule has 0 aliphatic heterocycles. The maximum Gasteiger partial charge on any atom is 0.331 e. The predicted octanol–water partition coefficient (Wildman–Crippen LogP) is 2.98. The number of ether oxygens (including phenoxy) is 1. The minimum atomic E-state index is -0.189. The number of imidazole rings is 1. The summed E-state index contributed by atoms with van der Waals surface area (Å²) in [6.07, 6.45) is 0. The highest BCUT2D eigenvalue weighted by Gasteiger charge is 2.09. The van der Waals surface area contributed by atoms with E-state index in [1.807, 2.05) is 12.1 Å². The fourth-order valence-electron chi connectivity index (χ4n) is 2.06.